The molecule has 0 aromatic heterocycles. The van der Waals surface area contributed by atoms with Crippen LogP contribution >= 0.6 is 0 Å². The van der Waals surface area contributed by atoms with Crippen LogP contribution in [0.4, 0.5) is 17.1 Å². The number of likely N-dealkylation sites (tertiary alicyclic amines) is 1. The number of carbonyl (C=O) groups is 3. The molecule has 3 amide bonds. The van der Waals surface area contributed by atoms with Crippen molar-refractivity contribution in [3.63, 3.8) is 0 Å². The lowest BCUT2D eigenvalue weighted by atomic mass is 9.82. The van der Waals surface area contributed by atoms with Crippen LogP contribution in [0.2, 0.25) is 18.6 Å². The Balaban J connectivity index is 1.31. The third-order valence-electron chi connectivity index (χ3n) is 10.4. The minimum atomic E-state index is -3.08. The third-order valence-corrected chi connectivity index (χ3v) is 12.9. The Morgan fingerprint density at radius 3 is 2.55 bits per heavy atom. The Labute approximate surface area is 274 Å². The molecule has 47 heavy (non-hydrogen) atoms. The summed E-state index contributed by atoms with van der Waals surface area (Å²) < 4.78 is 6.71. The molecule has 2 aromatic rings. The Morgan fingerprint density at radius 1 is 1.17 bits per heavy atom. The third kappa shape index (κ3) is 5.97. The SMILES string of the molecule is C[C@@H]1[C@@H]([Si](C)(C)O)[C@H](CC(=O)N2CCC[C@H]2CO)O[C@@]12C(=O)N(Cc1ccc(NC(=O)[C@H]3CCCN3)cc1)c1ccc([N+](=O)[O-])cc12. The van der Waals surface area contributed by atoms with Crippen molar-refractivity contribution < 1.29 is 33.9 Å². The molecule has 6 rings (SSSR count). The summed E-state index contributed by atoms with van der Waals surface area (Å²) in [6.45, 7) is 6.67. The average Bonchev–Trinajstić information content (AvgIpc) is 3.82. The lowest BCUT2D eigenvalue weighted by Crippen LogP contribution is -2.46. The van der Waals surface area contributed by atoms with Gasteiger partial charge in [0.25, 0.3) is 11.6 Å². The van der Waals surface area contributed by atoms with Crippen LogP contribution in [-0.2, 0) is 31.3 Å². The van der Waals surface area contributed by atoms with E-state index in [4.69, 9.17) is 4.74 Å². The number of nitrogens with zero attached hydrogens (tertiary/aromatic N) is 3. The number of nitrogens with one attached hydrogen (secondary N) is 2. The van der Waals surface area contributed by atoms with Gasteiger partial charge in [0.05, 0.1) is 48.4 Å². The number of nitro benzene ring substituents is 1. The molecule has 13 nitrogen and oxygen atoms in total. The lowest BCUT2D eigenvalue weighted by molar-refractivity contribution is -0.385. The van der Waals surface area contributed by atoms with Crippen LogP contribution in [0, 0.1) is 16.0 Å². The van der Waals surface area contributed by atoms with Gasteiger partial charge >= 0.3 is 0 Å². The summed E-state index contributed by atoms with van der Waals surface area (Å²) in [5.41, 5.74) is -0.142. The number of hydrogen-bond donors (Lipinski definition) is 4. The second-order valence-corrected chi connectivity index (χ2v) is 17.8. The van der Waals surface area contributed by atoms with E-state index in [1.807, 2.05) is 19.1 Å². The fourth-order valence-electron chi connectivity index (χ4n) is 8.19. The molecule has 4 aliphatic rings. The quantitative estimate of drug-likeness (QED) is 0.178. The van der Waals surface area contributed by atoms with E-state index in [1.165, 1.54) is 12.1 Å². The van der Waals surface area contributed by atoms with Crippen molar-refractivity contribution in [3.05, 3.63) is 63.7 Å². The van der Waals surface area contributed by atoms with Crippen LogP contribution in [-0.4, -0.2) is 83.6 Å². The van der Waals surface area contributed by atoms with Gasteiger partial charge in [0.1, 0.15) is 0 Å². The number of non-ortho nitro benzene ring substituents is 1. The molecule has 0 aliphatic carbocycles. The zero-order valence-corrected chi connectivity index (χ0v) is 28.0. The number of carbonyl (C=O) groups excluding carboxylic acids is 3. The first kappa shape index (κ1) is 33.2. The van der Waals surface area contributed by atoms with Crippen molar-refractivity contribution in [3.8, 4) is 0 Å². The van der Waals surface area contributed by atoms with Gasteiger partial charge in [-0.3, -0.25) is 24.5 Å². The average molecular weight is 666 g/mol. The maximum Gasteiger partial charge on any atom is 0.269 e. The molecule has 4 aliphatic heterocycles. The van der Waals surface area contributed by atoms with E-state index < -0.39 is 42.3 Å². The van der Waals surface area contributed by atoms with E-state index in [2.05, 4.69) is 10.6 Å². The highest BCUT2D eigenvalue weighted by atomic mass is 28.4. The van der Waals surface area contributed by atoms with Crippen LogP contribution in [0.15, 0.2) is 42.5 Å². The molecule has 6 atom stereocenters. The molecular weight excluding hydrogens is 622 g/mol. The smallest absolute Gasteiger partial charge is 0.269 e. The minimum absolute atomic E-state index is 0.0780. The second kappa shape index (κ2) is 12.7. The van der Waals surface area contributed by atoms with Gasteiger partial charge in [0.2, 0.25) is 11.8 Å². The summed E-state index contributed by atoms with van der Waals surface area (Å²) in [5, 5.41) is 27.8. The van der Waals surface area contributed by atoms with Crippen LogP contribution in [0.3, 0.4) is 0 Å². The van der Waals surface area contributed by atoms with Gasteiger partial charge in [-0.05, 0) is 69.1 Å². The molecule has 0 radical (unpaired) electrons. The highest BCUT2D eigenvalue weighted by Crippen LogP contribution is 2.60. The van der Waals surface area contributed by atoms with Gasteiger partial charge in [-0.25, -0.2) is 0 Å². The molecule has 2 aromatic carbocycles. The summed E-state index contributed by atoms with van der Waals surface area (Å²) in [7, 11) is -3.08. The lowest BCUT2D eigenvalue weighted by Gasteiger charge is -2.32. The Morgan fingerprint density at radius 2 is 1.91 bits per heavy atom. The number of benzene rings is 2. The summed E-state index contributed by atoms with van der Waals surface area (Å²) in [6.07, 6.45) is 2.33. The van der Waals surface area contributed by atoms with Crippen molar-refractivity contribution in [2.75, 3.05) is 29.9 Å². The Hall–Kier alpha value is -3.69. The predicted molar refractivity (Wildman–Crippen MR) is 176 cm³/mol. The summed E-state index contributed by atoms with van der Waals surface area (Å²) in [4.78, 5) is 66.9. The first-order valence-corrected chi connectivity index (χ1v) is 19.4. The van der Waals surface area contributed by atoms with E-state index in [9.17, 15) is 34.4 Å². The standard InChI is InChI=1S/C33H43N5O8Si/c1-20-30(47(2,3)45)28(17-29(40)36-15-5-6-24(36)19-39)46-33(20)25-16-23(38(43)44)12-13-27(25)37(32(33)42)18-21-8-10-22(11-9-21)35-31(41)26-7-4-14-34-26/h8-13,16,20,24,26,28,30,34,39,45H,4-7,14-15,17-19H2,1-3H3,(H,35,41)/t20-,24+,26-,28+,30-,33+/m1/s1. The zero-order chi connectivity index (χ0) is 33.7. The van der Waals surface area contributed by atoms with Gasteiger partial charge < -0.3 is 35.1 Å². The van der Waals surface area contributed by atoms with Crippen LogP contribution in [0.5, 0.6) is 0 Å². The maximum atomic E-state index is 14.7. The molecular formula is C33H43N5O8Si. The number of fused-ring (bicyclic) bond motifs is 2. The van der Waals surface area contributed by atoms with E-state index in [0.717, 1.165) is 31.4 Å². The van der Waals surface area contributed by atoms with Gasteiger partial charge in [-0.15, -0.1) is 0 Å². The molecule has 3 saturated heterocycles. The predicted octanol–water partition coefficient (Wildman–Crippen LogP) is 3.00. The number of hydrogen-bond acceptors (Lipinski definition) is 9. The zero-order valence-electron chi connectivity index (χ0n) is 27.0. The second-order valence-electron chi connectivity index (χ2n) is 13.8. The maximum absolute atomic E-state index is 14.7. The normalized spacial score (nSPS) is 28.7. The molecule has 4 N–H and O–H groups in total. The van der Waals surface area contributed by atoms with E-state index in [0.29, 0.717) is 29.9 Å². The number of amides is 3. The summed E-state index contributed by atoms with van der Waals surface area (Å²) in [5.74, 6) is -1.31. The fraction of sp³-hybridized carbons (Fsp3) is 0.545. The number of aliphatic hydroxyl groups excluding tert-OH is 1. The molecule has 3 fully saturated rings. The van der Waals surface area contributed by atoms with Crippen molar-refractivity contribution in [1.82, 2.24) is 10.2 Å². The number of anilines is 2. The van der Waals surface area contributed by atoms with E-state index >= 15 is 0 Å². The monoisotopic (exact) mass is 665 g/mol. The molecule has 0 unspecified atom stereocenters. The van der Waals surface area contributed by atoms with Gasteiger partial charge in [0.15, 0.2) is 13.9 Å². The van der Waals surface area contributed by atoms with E-state index in [-0.39, 0.29) is 49.2 Å². The molecule has 252 valence electrons. The topological polar surface area (TPSA) is 175 Å². The minimum Gasteiger partial charge on any atom is -0.432 e. The molecule has 0 saturated carbocycles. The highest BCUT2D eigenvalue weighted by Gasteiger charge is 2.66. The van der Waals surface area contributed by atoms with Gasteiger partial charge in [-0.1, -0.05) is 19.1 Å². The largest absolute Gasteiger partial charge is 0.432 e. The van der Waals surface area contributed by atoms with Crippen molar-refractivity contribution >= 4 is 43.1 Å². The summed E-state index contributed by atoms with van der Waals surface area (Å²) >= 11 is 0. The van der Waals surface area contributed by atoms with E-state index in [1.54, 1.807) is 41.1 Å². The van der Waals surface area contributed by atoms with Gasteiger partial charge in [-0.2, -0.15) is 0 Å². The van der Waals surface area contributed by atoms with Crippen LogP contribution in [0.1, 0.15) is 50.2 Å². The van der Waals surface area contributed by atoms with Gasteiger partial charge in [0, 0.05) is 41.4 Å². The van der Waals surface area contributed by atoms with Crippen molar-refractivity contribution in [1.29, 1.82) is 0 Å². The van der Waals surface area contributed by atoms with Crippen LogP contribution in [0.25, 0.3) is 0 Å². The van der Waals surface area contributed by atoms with Crippen molar-refractivity contribution in [2.24, 2.45) is 5.92 Å². The molecule has 14 heteroatoms. The highest BCUT2D eigenvalue weighted by molar-refractivity contribution is 6.71. The van der Waals surface area contributed by atoms with Crippen molar-refractivity contribution in [2.45, 2.75) is 88.0 Å². The van der Waals surface area contributed by atoms with Crippen LogP contribution < -0.4 is 15.5 Å². The number of rotatable bonds is 9. The fourth-order valence-corrected chi connectivity index (χ4v) is 10.7. The first-order valence-electron chi connectivity index (χ1n) is 16.4. The Bertz CT molecular complexity index is 1560. The Kier molecular flexibility index (Phi) is 9.00. The number of aliphatic hydroxyl groups is 1. The molecule has 4 heterocycles. The molecule has 0 bridgehead atoms. The summed E-state index contributed by atoms with van der Waals surface area (Å²) in [6, 6.07) is 11.0. The number of ether oxygens (including phenoxy) is 1. The molecule has 1 spiro atoms. The number of nitro groups is 1. The first-order chi connectivity index (χ1) is 22.3.